The number of aliphatic hydroxyl groups is 1. The molecule has 27 heavy (non-hydrogen) atoms. The number of benzene rings is 1. The van der Waals surface area contributed by atoms with Crippen LogP contribution in [0.2, 0.25) is 0 Å². The van der Waals surface area contributed by atoms with Crippen LogP contribution in [0.4, 0.5) is 0 Å². The summed E-state index contributed by atoms with van der Waals surface area (Å²) in [5.41, 5.74) is 4.43. The number of hydrogen-bond donors (Lipinski definition) is 4. The van der Waals surface area contributed by atoms with Crippen molar-refractivity contribution in [3.63, 3.8) is 0 Å². The first-order chi connectivity index (χ1) is 13.0. The summed E-state index contributed by atoms with van der Waals surface area (Å²) in [7, 11) is 1.83. The molecule has 0 saturated heterocycles. The number of aromatic amines is 1. The number of carbonyl (C=O) groups excluding carboxylic acids is 1. The Morgan fingerprint density at radius 2 is 1.96 bits per heavy atom. The average molecular weight is 385 g/mol. The number of hydrogen-bond acceptors (Lipinski definition) is 5. The fraction of sp³-hybridized carbons (Fsp3) is 0.300. The van der Waals surface area contributed by atoms with Crippen LogP contribution in [0.15, 0.2) is 36.4 Å². The van der Waals surface area contributed by atoms with Crippen LogP contribution in [0, 0.1) is 13.8 Å². The normalized spacial score (nSPS) is 12.1. The van der Waals surface area contributed by atoms with E-state index in [1.54, 1.807) is 6.07 Å². The van der Waals surface area contributed by atoms with Gasteiger partial charge < -0.3 is 20.7 Å². The summed E-state index contributed by atoms with van der Waals surface area (Å²) >= 11 is 1.42. The molecule has 0 aliphatic rings. The third-order valence-electron chi connectivity index (χ3n) is 4.36. The minimum Gasteiger partial charge on any atom is -0.391 e. The van der Waals surface area contributed by atoms with Crippen molar-refractivity contribution in [3.8, 4) is 11.3 Å². The molecule has 2 heterocycles. The van der Waals surface area contributed by atoms with Gasteiger partial charge in [-0.25, -0.2) is 4.98 Å². The van der Waals surface area contributed by atoms with Crippen LogP contribution in [0.1, 0.15) is 37.7 Å². The van der Waals surface area contributed by atoms with Crippen LogP contribution in [0.5, 0.6) is 0 Å². The van der Waals surface area contributed by atoms with E-state index in [1.807, 2.05) is 51.2 Å². The lowest BCUT2D eigenvalue weighted by Crippen LogP contribution is -2.34. The summed E-state index contributed by atoms with van der Waals surface area (Å²) in [6, 6.07) is 11.6. The molecule has 1 aromatic carbocycles. The van der Waals surface area contributed by atoms with Crippen molar-refractivity contribution >= 4 is 17.2 Å². The quantitative estimate of drug-likeness (QED) is 0.504. The highest BCUT2D eigenvalue weighted by Gasteiger charge is 2.20. The van der Waals surface area contributed by atoms with Crippen LogP contribution < -0.4 is 10.6 Å². The van der Waals surface area contributed by atoms with Crippen molar-refractivity contribution in [2.24, 2.45) is 0 Å². The largest absolute Gasteiger partial charge is 0.391 e. The molecule has 0 aliphatic carbocycles. The SMILES string of the molecule is CNCC(NC(=O)c1ccc(-c2ccc(C)cc2)[nH]1)c1nc(C)c(CO)s1. The third-order valence-corrected chi connectivity index (χ3v) is 5.61. The first-order valence-electron chi connectivity index (χ1n) is 8.80. The predicted molar refractivity (Wildman–Crippen MR) is 108 cm³/mol. The highest BCUT2D eigenvalue weighted by molar-refractivity contribution is 7.11. The molecule has 4 N–H and O–H groups in total. The number of carbonyl (C=O) groups is 1. The van der Waals surface area contributed by atoms with E-state index in [9.17, 15) is 9.90 Å². The standard InChI is InChI=1S/C20H24N4O2S/c1-12-4-6-14(7-5-12)15-8-9-16(23-15)19(26)24-17(10-21-3)20-22-13(2)18(11-25)27-20/h4-9,17,21,23,25H,10-11H2,1-3H3,(H,24,26). The topological polar surface area (TPSA) is 90.0 Å². The number of nitrogens with zero attached hydrogens (tertiary/aromatic N) is 1. The van der Waals surface area contributed by atoms with Crippen LogP contribution in [-0.2, 0) is 6.61 Å². The number of aryl methyl sites for hydroxylation is 2. The fourth-order valence-corrected chi connectivity index (χ4v) is 3.79. The van der Waals surface area contributed by atoms with Gasteiger partial charge in [0, 0.05) is 12.2 Å². The Labute approximate surface area is 162 Å². The molecule has 3 aromatic rings. The Morgan fingerprint density at radius 3 is 2.59 bits per heavy atom. The van der Waals surface area contributed by atoms with Gasteiger partial charge in [-0.15, -0.1) is 11.3 Å². The predicted octanol–water partition coefficient (Wildman–Crippen LogP) is 2.94. The number of rotatable bonds is 7. The molecule has 142 valence electrons. The van der Waals surface area contributed by atoms with Gasteiger partial charge in [0.25, 0.3) is 5.91 Å². The third kappa shape index (κ3) is 4.44. The smallest absolute Gasteiger partial charge is 0.268 e. The zero-order valence-corrected chi connectivity index (χ0v) is 16.5. The molecule has 0 radical (unpaired) electrons. The average Bonchev–Trinajstić information content (AvgIpc) is 3.29. The first-order valence-corrected chi connectivity index (χ1v) is 9.62. The van der Waals surface area contributed by atoms with Crippen LogP contribution >= 0.6 is 11.3 Å². The molecule has 1 atom stereocenters. The number of amides is 1. The van der Waals surface area contributed by atoms with E-state index in [4.69, 9.17) is 0 Å². The Kier molecular flexibility index (Phi) is 6.05. The summed E-state index contributed by atoms with van der Waals surface area (Å²) in [5.74, 6) is -0.188. The lowest BCUT2D eigenvalue weighted by atomic mass is 10.1. The van der Waals surface area contributed by atoms with Crippen molar-refractivity contribution in [3.05, 3.63) is 63.2 Å². The van der Waals surface area contributed by atoms with Gasteiger partial charge in [0.1, 0.15) is 10.7 Å². The monoisotopic (exact) mass is 384 g/mol. The second-order valence-electron chi connectivity index (χ2n) is 6.45. The molecule has 0 fully saturated rings. The molecule has 0 saturated carbocycles. The summed E-state index contributed by atoms with van der Waals surface area (Å²) < 4.78 is 0. The Balaban J connectivity index is 1.76. The maximum Gasteiger partial charge on any atom is 0.268 e. The fourth-order valence-electron chi connectivity index (χ4n) is 2.82. The van der Waals surface area contributed by atoms with Gasteiger partial charge in [-0.1, -0.05) is 29.8 Å². The maximum atomic E-state index is 12.7. The number of thiazole rings is 1. The van der Waals surface area contributed by atoms with E-state index in [2.05, 4.69) is 20.6 Å². The molecule has 6 nitrogen and oxygen atoms in total. The van der Waals surface area contributed by atoms with E-state index in [0.717, 1.165) is 26.8 Å². The molecular formula is C20H24N4O2S. The molecule has 7 heteroatoms. The highest BCUT2D eigenvalue weighted by atomic mass is 32.1. The minimum absolute atomic E-state index is 0.0414. The zero-order chi connectivity index (χ0) is 19.4. The summed E-state index contributed by atoms with van der Waals surface area (Å²) in [6.07, 6.45) is 0. The minimum atomic E-state index is -0.266. The van der Waals surface area contributed by atoms with Crippen molar-refractivity contribution < 1.29 is 9.90 Å². The number of aromatic nitrogens is 2. The summed E-state index contributed by atoms with van der Waals surface area (Å²) in [4.78, 5) is 21.2. The second kappa shape index (κ2) is 8.47. The van der Waals surface area contributed by atoms with Gasteiger partial charge in [-0.3, -0.25) is 4.79 Å². The lowest BCUT2D eigenvalue weighted by Gasteiger charge is -2.15. The number of likely N-dealkylation sites (N-methyl/N-ethyl adjacent to an activating group) is 1. The van der Waals surface area contributed by atoms with Gasteiger partial charge >= 0.3 is 0 Å². The van der Waals surface area contributed by atoms with Crippen LogP contribution in [0.25, 0.3) is 11.3 Å². The molecule has 0 aliphatic heterocycles. The Bertz CT molecular complexity index is 914. The zero-order valence-electron chi connectivity index (χ0n) is 15.7. The second-order valence-corrected chi connectivity index (χ2v) is 7.57. The molecule has 0 bridgehead atoms. The lowest BCUT2D eigenvalue weighted by molar-refractivity contribution is 0.0932. The number of H-pyrrole nitrogens is 1. The first kappa shape index (κ1) is 19.3. The van der Waals surface area contributed by atoms with Crippen molar-refractivity contribution in [1.29, 1.82) is 0 Å². The van der Waals surface area contributed by atoms with E-state index < -0.39 is 0 Å². The Hall–Kier alpha value is -2.48. The molecule has 2 aromatic heterocycles. The number of aliphatic hydroxyl groups excluding tert-OH is 1. The van der Waals surface area contributed by atoms with Gasteiger partial charge in [0.2, 0.25) is 0 Å². The van der Waals surface area contributed by atoms with Crippen molar-refractivity contribution in [1.82, 2.24) is 20.6 Å². The molecule has 0 spiro atoms. The van der Waals surface area contributed by atoms with E-state index >= 15 is 0 Å². The van der Waals surface area contributed by atoms with Gasteiger partial charge in [-0.2, -0.15) is 0 Å². The van der Waals surface area contributed by atoms with Crippen molar-refractivity contribution in [2.75, 3.05) is 13.6 Å². The highest BCUT2D eigenvalue weighted by Crippen LogP contribution is 2.24. The Morgan fingerprint density at radius 1 is 1.22 bits per heavy atom. The van der Waals surface area contributed by atoms with Crippen LogP contribution in [0.3, 0.4) is 0 Å². The molecular weight excluding hydrogens is 360 g/mol. The summed E-state index contributed by atoms with van der Waals surface area (Å²) in [5, 5.41) is 16.3. The van der Waals surface area contributed by atoms with Gasteiger partial charge in [0.15, 0.2) is 0 Å². The summed E-state index contributed by atoms with van der Waals surface area (Å²) in [6.45, 7) is 4.42. The van der Waals surface area contributed by atoms with E-state index in [-0.39, 0.29) is 18.6 Å². The number of nitrogens with one attached hydrogen (secondary N) is 3. The van der Waals surface area contributed by atoms with Crippen molar-refractivity contribution in [2.45, 2.75) is 26.5 Å². The van der Waals surface area contributed by atoms with E-state index in [1.165, 1.54) is 16.9 Å². The maximum absolute atomic E-state index is 12.7. The van der Waals surface area contributed by atoms with Gasteiger partial charge in [-0.05, 0) is 38.6 Å². The molecule has 1 amide bonds. The van der Waals surface area contributed by atoms with E-state index in [0.29, 0.717) is 12.2 Å². The molecule has 1 unspecified atom stereocenters. The van der Waals surface area contributed by atoms with Crippen LogP contribution in [-0.4, -0.2) is 34.6 Å². The van der Waals surface area contributed by atoms with Gasteiger partial charge in [0.05, 0.1) is 23.2 Å². The molecule has 3 rings (SSSR count).